The van der Waals surface area contributed by atoms with Crippen LogP contribution in [0.25, 0.3) is 22.4 Å². The van der Waals surface area contributed by atoms with Gasteiger partial charge in [-0.05, 0) is 60.0 Å². The number of rotatable bonds is 5. The Morgan fingerprint density at radius 2 is 1.81 bits per heavy atom. The molecule has 0 amide bonds. The van der Waals surface area contributed by atoms with E-state index in [4.69, 9.17) is 21.1 Å². The first-order chi connectivity index (χ1) is 13.0. The van der Waals surface area contributed by atoms with Crippen molar-refractivity contribution >= 4 is 34.0 Å². The minimum Gasteiger partial charge on any atom is -0.493 e. The van der Waals surface area contributed by atoms with Gasteiger partial charge in [-0.25, -0.2) is 0 Å². The zero-order valence-electron chi connectivity index (χ0n) is 15.5. The largest absolute Gasteiger partial charge is 0.493 e. The molecule has 0 bridgehead atoms. The van der Waals surface area contributed by atoms with E-state index in [1.807, 2.05) is 62.4 Å². The van der Waals surface area contributed by atoms with Gasteiger partial charge in [0.1, 0.15) is 0 Å². The van der Waals surface area contributed by atoms with Crippen molar-refractivity contribution in [2.75, 3.05) is 7.11 Å². The molecule has 3 nitrogen and oxygen atoms in total. The lowest BCUT2D eigenvalue weighted by atomic mass is 10.00. The lowest BCUT2D eigenvalue weighted by molar-refractivity contribution is 0.230. The molecule has 0 aromatic heterocycles. The van der Waals surface area contributed by atoms with Crippen molar-refractivity contribution in [3.8, 4) is 17.6 Å². The summed E-state index contributed by atoms with van der Waals surface area (Å²) in [4.78, 5) is 0. The average molecular weight is 378 g/mol. The van der Waals surface area contributed by atoms with Crippen molar-refractivity contribution in [2.45, 2.75) is 20.0 Å². The van der Waals surface area contributed by atoms with Crippen LogP contribution in [0.3, 0.4) is 0 Å². The third-order valence-electron chi connectivity index (χ3n) is 4.10. The lowest BCUT2D eigenvalue weighted by Crippen LogP contribution is -2.07. The van der Waals surface area contributed by atoms with Gasteiger partial charge in [-0.15, -0.1) is 0 Å². The summed E-state index contributed by atoms with van der Waals surface area (Å²) in [6.45, 7) is 3.86. The number of nitrogens with zero attached hydrogens (tertiary/aromatic N) is 1. The molecule has 0 unspecified atom stereocenters. The molecule has 0 spiro atoms. The SMILES string of the molecule is COc1cc(/C=C(/C#N)c2ccc3ccccc3c2)cc(Cl)c1OC(C)C. The van der Waals surface area contributed by atoms with Gasteiger partial charge < -0.3 is 9.47 Å². The van der Waals surface area contributed by atoms with Crippen molar-refractivity contribution in [1.29, 1.82) is 5.26 Å². The highest BCUT2D eigenvalue weighted by molar-refractivity contribution is 6.32. The Hall–Kier alpha value is -2.96. The molecule has 0 N–H and O–H groups in total. The molecule has 0 saturated heterocycles. The first-order valence-electron chi connectivity index (χ1n) is 8.67. The smallest absolute Gasteiger partial charge is 0.180 e. The standard InChI is InChI=1S/C23H20ClNO2/c1-15(2)27-23-21(24)11-16(12-22(23)26-3)10-20(14-25)19-9-8-17-6-4-5-7-18(17)13-19/h4-13,15H,1-3H3/b20-10-. The van der Waals surface area contributed by atoms with E-state index in [0.29, 0.717) is 22.1 Å². The summed E-state index contributed by atoms with van der Waals surface area (Å²) in [5.74, 6) is 1.05. The van der Waals surface area contributed by atoms with Crippen molar-refractivity contribution < 1.29 is 9.47 Å². The van der Waals surface area contributed by atoms with Gasteiger partial charge in [-0.3, -0.25) is 0 Å². The number of hydrogen-bond acceptors (Lipinski definition) is 3. The monoisotopic (exact) mass is 377 g/mol. The molecule has 3 aromatic carbocycles. The van der Waals surface area contributed by atoms with Gasteiger partial charge in [0, 0.05) is 0 Å². The molecule has 0 heterocycles. The maximum atomic E-state index is 9.67. The maximum absolute atomic E-state index is 9.67. The van der Waals surface area contributed by atoms with E-state index < -0.39 is 0 Å². The first kappa shape index (κ1) is 18.8. The summed E-state index contributed by atoms with van der Waals surface area (Å²) in [6.07, 6.45) is 1.78. The third kappa shape index (κ3) is 4.24. The molecule has 3 rings (SSSR count). The Kier molecular flexibility index (Phi) is 5.69. The van der Waals surface area contributed by atoms with Crippen LogP contribution in [-0.2, 0) is 0 Å². The topological polar surface area (TPSA) is 42.2 Å². The van der Waals surface area contributed by atoms with Crippen LogP contribution in [0.2, 0.25) is 5.02 Å². The Labute approximate surface area is 164 Å². The maximum Gasteiger partial charge on any atom is 0.180 e. The van der Waals surface area contributed by atoms with Crippen LogP contribution in [0.4, 0.5) is 0 Å². The number of allylic oxidation sites excluding steroid dienone is 1. The number of fused-ring (bicyclic) bond motifs is 1. The molecule has 0 saturated carbocycles. The molecular weight excluding hydrogens is 358 g/mol. The highest BCUT2D eigenvalue weighted by Gasteiger charge is 2.13. The van der Waals surface area contributed by atoms with Gasteiger partial charge in [0.15, 0.2) is 11.5 Å². The number of methoxy groups -OCH3 is 1. The summed E-state index contributed by atoms with van der Waals surface area (Å²) in [6, 6.07) is 19.9. The van der Waals surface area contributed by atoms with E-state index in [1.54, 1.807) is 19.3 Å². The van der Waals surface area contributed by atoms with Gasteiger partial charge in [0.25, 0.3) is 0 Å². The van der Waals surface area contributed by atoms with Gasteiger partial charge in [-0.1, -0.05) is 48.0 Å². The zero-order valence-corrected chi connectivity index (χ0v) is 16.2. The Balaban J connectivity index is 2.04. The highest BCUT2D eigenvalue weighted by atomic mass is 35.5. The zero-order chi connectivity index (χ0) is 19.4. The Bertz CT molecular complexity index is 1050. The molecular formula is C23H20ClNO2. The van der Waals surface area contributed by atoms with Crippen molar-refractivity contribution in [2.24, 2.45) is 0 Å². The Morgan fingerprint density at radius 1 is 1.07 bits per heavy atom. The fourth-order valence-corrected chi connectivity index (χ4v) is 3.14. The number of ether oxygens (including phenoxy) is 2. The van der Waals surface area contributed by atoms with Crippen LogP contribution >= 0.6 is 11.6 Å². The van der Waals surface area contributed by atoms with Crippen molar-refractivity contribution in [3.05, 3.63) is 70.7 Å². The Morgan fingerprint density at radius 3 is 2.48 bits per heavy atom. The quantitative estimate of drug-likeness (QED) is 0.384. The fraction of sp³-hybridized carbons (Fsp3) is 0.174. The van der Waals surface area contributed by atoms with Crippen LogP contribution in [0.5, 0.6) is 11.5 Å². The normalized spacial score (nSPS) is 11.5. The molecule has 0 aliphatic heterocycles. The molecule has 27 heavy (non-hydrogen) atoms. The summed E-state index contributed by atoms with van der Waals surface area (Å²) in [5.41, 5.74) is 2.18. The molecule has 0 aliphatic carbocycles. The minimum atomic E-state index is -0.0231. The summed E-state index contributed by atoms with van der Waals surface area (Å²) >= 11 is 6.39. The van der Waals surface area contributed by atoms with E-state index in [0.717, 1.165) is 21.9 Å². The van der Waals surface area contributed by atoms with E-state index in [1.165, 1.54) is 0 Å². The highest BCUT2D eigenvalue weighted by Crippen LogP contribution is 2.38. The van der Waals surface area contributed by atoms with Crippen LogP contribution in [0.15, 0.2) is 54.6 Å². The molecule has 0 atom stereocenters. The number of hydrogen-bond donors (Lipinski definition) is 0. The van der Waals surface area contributed by atoms with Crippen LogP contribution < -0.4 is 9.47 Å². The van der Waals surface area contributed by atoms with E-state index >= 15 is 0 Å². The van der Waals surface area contributed by atoms with Gasteiger partial charge in [-0.2, -0.15) is 5.26 Å². The third-order valence-corrected chi connectivity index (χ3v) is 4.38. The first-order valence-corrected chi connectivity index (χ1v) is 9.04. The average Bonchev–Trinajstić information content (AvgIpc) is 2.67. The second kappa shape index (κ2) is 8.16. The van der Waals surface area contributed by atoms with Gasteiger partial charge >= 0.3 is 0 Å². The minimum absolute atomic E-state index is 0.0231. The predicted octanol–water partition coefficient (Wildman–Crippen LogP) is 6.35. The van der Waals surface area contributed by atoms with Crippen LogP contribution in [-0.4, -0.2) is 13.2 Å². The molecule has 0 aliphatic rings. The number of benzene rings is 3. The summed E-state index contributed by atoms with van der Waals surface area (Å²) < 4.78 is 11.2. The summed E-state index contributed by atoms with van der Waals surface area (Å²) in [5, 5.41) is 12.4. The van der Waals surface area contributed by atoms with Crippen LogP contribution in [0.1, 0.15) is 25.0 Å². The fourth-order valence-electron chi connectivity index (χ4n) is 2.88. The number of halogens is 1. The van der Waals surface area contributed by atoms with Crippen LogP contribution in [0, 0.1) is 11.3 Å². The molecule has 0 fully saturated rings. The molecule has 136 valence electrons. The van der Waals surface area contributed by atoms with Crippen molar-refractivity contribution in [3.63, 3.8) is 0 Å². The lowest BCUT2D eigenvalue weighted by Gasteiger charge is -2.15. The summed E-state index contributed by atoms with van der Waals surface area (Å²) in [7, 11) is 1.57. The van der Waals surface area contributed by atoms with Crippen molar-refractivity contribution in [1.82, 2.24) is 0 Å². The van der Waals surface area contributed by atoms with E-state index in [-0.39, 0.29) is 6.10 Å². The second-order valence-corrected chi connectivity index (χ2v) is 6.84. The molecule has 3 aromatic rings. The molecule has 0 radical (unpaired) electrons. The second-order valence-electron chi connectivity index (χ2n) is 6.43. The van der Waals surface area contributed by atoms with E-state index in [9.17, 15) is 5.26 Å². The number of nitriles is 1. The van der Waals surface area contributed by atoms with Gasteiger partial charge in [0.2, 0.25) is 0 Å². The molecule has 4 heteroatoms. The van der Waals surface area contributed by atoms with E-state index in [2.05, 4.69) is 6.07 Å². The predicted molar refractivity (Wildman–Crippen MR) is 111 cm³/mol. The van der Waals surface area contributed by atoms with Gasteiger partial charge in [0.05, 0.1) is 29.9 Å².